The Labute approximate surface area is 189 Å². The number of morpholine rings is 1. The Hall–Kier alpha value is -2.38. The molecule has 0 aromatic heterocycles. The molecule has 3 rings (SSSR count). The third-order valence-electron chi connectivity index (χ3n) is 4.99. The lowest BCUT2D eigenvalue weighted by molar-refractivity contribution is -0.113. The maximum Gasteiger partial charge on any atom is 0.234 e. The summed E-state index contributed by atoms with van der Waals surface area (Å²) >= 11 is 1.54. The highest BCUT2D eigenvalue weighted by molar-refractivity contribution is 8.00. The quantitative estimate of drug-likeness (QED) is 0.567. The Morgan fingerprint density at radius 2 is 1.77 bits per heavy atom. The molecule has 0 unspecified atom stereocenters. The Morgan fingerprint density at radius 3 is 2.48 bits per heavy atom. The summed E-state index contributed by atoms with van der Waals surface area (Å²) < 4.78 is 17.3. The highest BCUT2D eigenvalue weighted by Crippen LogP contribution is 2.39. The van der Waals surface area contributed by atoms with Crippen molar-refractivity contribution in [3.63, 3.8) is 0 Å². The number of rotatable bonds is 9. The second-order valence-electron chi connectivity index (χ2n) is 7.39. The van der Waals surface area contributed by atoms with E-state index in [9.17, 15) is 4.79 Å². The van der Waals surface area contributed by atoms with E-state index in [-0.39, 0.29) is 5.91 Å². The van der Waals surface area contributed by atoms with Crippen molar-refractivity contribution in [3.8, 4) is 11.5 Å². The predicted molar refractivity (Wildman–Crippen MR) is 127 cm³/mol. The van der Waals surface area contributed by atoms with E-state index in [2.05, 4.69) is 42.3 Å². The molecule has 1 aliphatic heterocycles. The van der Waals surface area contributed by atoms with Crippen LogP contribution in [0, 0.1) is 13.8 Å². The van der Waals surface area contributed by atoms with Crippen LogP contribution in [-0.4, -0.2) is 51.2 Å². The second-order valence-corrected chi connectivity index (χ2v) is 8.40. The summed E-state index contributed by atoms with van der Waals surface area (Å²) in [6, 6.07) is 10.1. The van der Waals surface area contributed by atoms with Crippen LogP contribution in [0.5, 0.6) is 11.5 Å². The number of nitrogens with one attached hydrogen (secondary N) is 1. The van der Waals surface area contributed by atoms with E-state index in [4.69, 9.17) is 14.2 Å². The van der Waals surface area contributed by atoms with Gasteiger partial charge in [0.1, 0.15) is 11.5 Å². The smallest absolute Gasteiger partial charge is 0.234 e. The van der Waals surface area contributed by atoms with Crippen molar-refractivity contribution in [1.29, 1.82) is 0 Å². The summed E-state index contributed by atoms with van der Waals surface area (Å²) in [5.41, 5.74) is 3.96. The first-order chi connectivity index (χ1) is 15.0. The predicted octanol–water partition coefficient (Wildman–Crippen LogP) is 4.67. The number of carbonyl (C=O) groups excluding carboxylic acids is 1. The molecule has 1 amide bonds. The SMILES string of the molecule is CCOc1cc(N2CCOCC2)c(OCC)cc1NC(=O)CSc1cc(C)ccc1C. The summed E-state index contributed by atoms with van der Waals surface area (Å²) in [6.45, 7) is 12.0. The number of benzene rings is 2. The van der Waals surface area contributed by atoms with Gasteiger partial charge in [-0.1, -0.05) is 17.7 Å². The fraction of sp³-hybridized carbons (Fsp3) is 0.458. The van der Waals surface area contributed by atoms with Gasteiger partial charge in [-0.25, -0.2) is 0 Å². The zero-order chi connectivity index (χ0) is 22.2. The maximum atomic E-state index is 12.7. The summed E-state index contributed by atoms with van der Waals surface area (Å²) in [4.78, 5) is 16.1. The lowest BCUT2D eigenvalue weighted by Crippen LogP contribution is -2.36. The molecule has 1 aliphatic rings. The van der Waals surface area contributed by atoms with Gasteiger partial charge in [-0.2, -0.15) is 0 Å². The second kappa shape index (κ2) is 11.3. The average molecular weight is 445 g/mol. The molecule has 1 N–H and O–H groups in total. The van der Waals surface area contributed by atoms with Gasteiger partial charge in [0.2, 0.25) is 5.91 Å². The molecule has 1 heterocycles. The van der Waals surface area contributed by atoms with Gasteiger partial charge in [0.25, 0.3) is 0 Å². The van der Waals surface area contributed by atoms with Gasteiger partial charge in [0.15, 0.2) is 0 Å². The number of hydrogen-bond donors (Lipinski definition) is 1. The normalized spacial score (nSPS) is 13.7. The molecular formula is C24H32N2O4S. The Balaban J connectivity index is 1.78. The topological polar surface area (TPSA) is 60.0 Å². The monoisotopic (exact) mass is 444 g/mol. The van der Waals surface area contributed by atoms with Crippen LogP contribution in [-0.2, 0) is 9.53 Å². The van der Waals surface area contributed by atoms with Crippen molar-refractivity contribution >= 4 is 29.0 Å². The van der Waals surface area contributed by atoms with E-state index in [1.54, 1.807) is 11.8 Å². The van der Waals surface area contributed by atoms with E-state index >= 15 is 0 Å². The zero-order valence-electron chi connectivity index (χ0n) is 18.8. The molecule has 0 atom stereocenters. The van der Waals surface area contributed by atoms with Crippen LogP contribution in [0.15, 0.2) is 35.2 Å². The molecule has 31 heavy (non-hydrogen) atoms. The van der Waals surface area contributed by atoms with Crippen molar-refractivity contribution in [2.24, 2.45) is 0 Å². The van der Waals surface area contributed by atoms with Gasteiger partial charge in [0.05, 0.1) is 43.6 Å². The number of carbonyl (C=O) groups is 1. The lowest BCUT2D eigenvalue weighted by atomic mass is 10.2. The number of anilines is 2. The Morgan fingerprint density at radius 1 is 1.06 bits per heavy atom. The number of hydrogen-bond acceptors (Lipinski definition) is 6. The molecule has 2 aromatic rings. The number of ether oxygens (including phenoxy) is 3. The molecule has 0 saturated carbocycles. The number of nitrogens with zero attached hydrogens (tertiary/aromatic N) is 1. The van der Waals surface area contributed by atoms with Crippen molar-refractivity contribution in [2.45, 2.75) is 32.6 Å². The molecule has 2 aromatic carbocycles. The van der Waals surface area contributed by atoms with Crippen LogP contribution in [0.2, 0.25) is 0 Å². The average Bonchev–Trinajstić information content (AvgIpc) is 2.77. The molecule has 0 aliphatic carbocycles. The largest absolute Gasteiger partial charge is 0.492 e. The van der Waals surface area contributed by atoms with E-state index in [0.29, 0.717) is 43.6 Å². The molecule has 0 radical (unpaired) electrons. The standard InChI is InChI=1S/C24H32N2O4S/c1-5-29-21-15-20(26-9-11-28-12-10-26)22(30-6-2)14-19(21)25-24(27)16-31-23-13-17(3)7-8-18(23)4/h7-8,13-15H,5-6,9-12,16H2,1-4H3,(H,25,27). The van der Waals surface area contributed by atoms with Crippen LogP contribution in [0.25, 0.3) is 0 Å². The third kappa shape index (κ3) is 6.31. The van der Waals surface area contributed by atoms with E-state index in [1.807, 2.05) is 26.0 Å². The van der Waals surface area contributed by atoms with Crippen LogP contribution in [0.3, 0.4) is 0 Å². The number of thioether (sulfide) groups is 1. The van der Waals surface area contributed by atoms with Crippen molar-refractivity contribution in [1.82, 2.24) is 0 Å². The molecule has 168 valence electrons. The van der Waals surface area contributed by atoms with Gasteiger partial charge < -0.3 is 24.4 Å². The molecule has 1 saturated heterocycles. The Kier molecular flexibility index (Phi) is 8.49. The van der Waals surface area contributed by atoms with Gasteiger partial charge >= 0.3 is 0 Å². The van der Waals surface area contributed by atoms with Gasteiger partial charge in [-0.15, -0.1) is 11.8 Å². The van der Waals surface area contributed by atoms with Crippen molar-refractivity contribution in [2.75, 3.05) is 55.5 Å². The van der Waals surface area contributed by atoms with Gasteiger partial charge in [-0.3, -0.25) is 4.79 Å². The lowest BCUT2D eigenvalue weighted by Gasteiger charge is -2.31. The first kappa shape index (κ1) is 23.3. The fourth-order valence-corrected chi connectivity index (χ4v) is 4.36. The van der Waals surface area contributed by atoms with Crippen LogP contribution in [0.1, 0.15) is 25.0 Å². The highest BCUT2D eigenvalue weighted by atomic mass is 32.2. The summed E-state index contributed by atoms with van der Waals surface area (Å²) in [6.07, 6.45) is 0. The minimum atomic E-state index is -0.0755. The molecule has 0 bridgehead atoms. The maximum absolute atomic E-state index is 12.7. The molecule has 0 spiro atoms. The number of amides is 1. The fourth-order valence-electron chi connectivity index (χ4n) is 3.44. The molecule has 6 nitrogen and oxygen atoms in total. The first-order valence-corrected chi connectivity index (χ1v) is 11.8. The zero-order valence-corrected chi connectivity index (χ0v) is 19.6. The Bertz CT molecular complexity index is 897. The van der Waals surface area contributed by atoms with Crippen LogP contribution >= 0.6 is 11.8 Å². The van der Waals surface area contributed by atoms with E-state index < -0.39 is 0 Å². The first-order valence-electron chi connectivity index (χ1n) is 10.8. The van der Waals surface area contributed by atoms with E-state index in [0.717, 1.165) is 29.4 Å². The molecular weight excluding hydrogens is 412 g/mol. The van der Waals surface area contributed by atoms with Crippen molar-refractivity contribution in [3.05, 3.63) is 41.5 Å². The minimum absolute atomic E-state index is 0.0755. The van der Waals surface area contributed by atoms with Crippen molar-refractivity contribution < 1.29 is 19.0 Å². The van der Waals surface area contributed by atoms with E-state index in [1.165, 1.54) is 11.1 Å². The highest BCUT2D eigenvalue weighted by Gasteiger charge is 2.20. The summed E-state index contributed by atoms with van der Waals surface area (Å²) in [5, 5.41) is 3.02. The molecule has 7 heteroatoms. The number of aryl methyl sites for hydroxylation is 2. The third-order valence-corrected chi connectivity index (χ3v) is 6.15. The minimum Gasteiger partial charge on any atom is -0.492 e. The molecule has 1 fully saturated rings. The van der Waals surface area contributed by atoms with Crippen LogP contribution < -0.4 is 19.7 Å². The van der Waals surface area contributed by atoms with Crippen LogP contribution in [0.4, 0.5) is 11.4 Å². The van der Waals surface area contributed by atoms with Gasteiger partial charge in [0, 0.05) is 30.1 Å². The van der Waals surface area contributed by atoms with Gasteiger partial charge in [-0.05, 0) is 39.3 Å². The summed E-state index contributed by atoms with van der Waals surface area (Å²) in [5.74, 6) is 1.64. The summed E-state index contributed by atoms with van der Waals surface area (Å²) in [7, 11) is 0.